The number of carbonyl (C=O) groups excluding carboxylic acids is 1. The molecule has 0 saturated carbocycles. The van der Waals surface area contributed by atoms with Crippen LogP contribution in [0.25, 0.3) is 0 Å². The van der Waals surface area contributed by atoms with E-state index in [2.05, 4.69) is 26.9 Å². The molecule has 1 aromatic carbocycles. The summed E-state index contributed by atoms with van der Waals surface area (Å²) >= 11 is 0. The third kappa shape index (κ3) is 3.92. The molecule has 0 spiro atoms. The Morgan fingerprint density at radius 2 is 1.66 bits per heavy atom. The van der Waals surface area contributed by atoms with Gasteiger partial charge in [-0.25, -0.2) is 4.98 Å². The molecule has 1 aromatic heterocycles. The molecule has 2 aliphatic heterocycles. The lowest BCUT2D eigenvalue weighted by Crippen LogP contribution is -2.48. The van der Waals surface area contributed by atoms with Crippen LogP contribution in [0.3, 0.4) is 0 Å². The van der Waals surface area contributed by atoms with E-state index in [0.717, 1.165) is 55.9 Å². The molecule has 0 bridgehead atoms. The topological polar surface area (TPSA) is 71.0 Å². The zero-order chi connectivity index (χ0) is 20.4. The molecule has 0 aliphatic carbocycles. The minimum Gasteiger partial charge on any atom is -0.493 e. The number of hydrogen-bond donors (Lipinski definition) is 0. The van der Waals surface area contributed by atoms with Gasteiger partial charge in [-0.05, 0) is 35.7 Å². The third-order valence-corrected chi connectivity index (χ3v) is 5.68. The van der Waals surface area contributed by atoms with Crippen molar-refractivity contribution in [2.24, 2.45) is 0 Å². The second-order valence-electron chi connectivity index (χ2n) is 7.36. The van der Waals surface area contributed by atoms with Crippen molar-refractivity contribution in [2.45, 2.75) is 19.9 Å². The number of carbonyl (C=O) groups is 1. The zero-order valence-electron chi connectivity index (χ0n) is 17.2. The predicted octanol–water partition coefficient (Wildman–Crippen LogP) is 1.72. The Balaban J connectivity index is 1.50. The first-order chi connectivity index (χ1) is 14.1. The Bertz CT molecular complexity index is 896. The van der Waals surface area contributed by atoms with Gasteiger partial charge in [-0.2, -0.15) is 4.98 Å². The van der Waals surface area contributed by atoms with E-state index < -0.39 is 0 Å². The first kappa shape index (κ1) is 19.3. The molecule has 0 N–H and O–H groups in total. The first-order valence-electron chi connectivity index (χ1n) is 9.91. The van der Waals surface area contributed by atoms with Crippen LogP contribution < -0.4 is 19.3 Å². The van der Waals surface area contributed by atoms with Crippen molar-refractivity contribution in [3.8, 4) is 11.5 Å². The van der Waals surface area contributed by atoms with Gasteiger partial charge in [0.2, 0.25) is 11.9 Å². The number of anilines is 2. The van der Waals surface area contributed by atoms with Crippen LogP contribution in [-0.2, 0) is 17.8 Å². The summed E-state index contributed by atoms with van der Waals surface area (Å²) in [5.41, 5.74) is 2.51. The van der Waals surface area contributed by atoms with Crippen LogP contribution in [0, 0.1) is 0 Å². The number of nitrogens with zero attached hydrogens (tertiary/aromatic N) is 5. The maximum absolute atomic E-state index is 11.5. The summed E-state index contributed by atoms with van der Waals surface area (Å²) in [6.45, 7) is 6.20. The van der Waals surface area contributed by atoms with E-state index in [1.807, 2.05) is 17.2 Å². The Morgan fingerprint density at radius 3 is 2.31 bits per heavy atom. The monoisotopic (exact) mass is 397 g/mol. The third-order valence-electron chi connectivity index (χ3n) is 5.68. The second kappa shape index (κ2) is 8.14. The molecule has 4 rings (SSSR count). The molecule has 8 heteroatoms. The van der Waals surface area contributed by atoms with Crippen molar-refractivity contribution in [1.82, 2.24) is 14.9 Å². The Labute approximate surface area is 171 Å². The summed E-state index contributed by atoms with van der Waals surface area (Å²) in [4.78, 5) is 27.1. The highest BCUT2D eigenvalue weighted by molar-refractivity contribution is 5.73. The molecule has 8 nitrogen and oxygen atoms in total. The molecule has 1 amide bonds. The van der Waals surface area contributed by atoms with E-state index >= 15 is 0 Å². The molecule has 2 aromatic rings. The Kier molecular flexibility index (Phi) is 5.42. The summed E-state index contributed by atoms with van der Waals surface area (Å²) in [6, 6.07) is 6.09. The van der Waals surface area contributed by atoms with E-state index in [4.69, 9.17) is 14.5 Å². The highest BCUT2D eigenvalue weighted by atomic mass is 16.5. The molecule has 154 valence electrons. The van der Waals surface area contributed by atoms with Crippen molar-refractivity contribution in [2.75, 3.05) is 56.7 Å². The first-order valence-corrected chi connectivity index (χ1v) is 9.91. The van der Waals surface area contributed by atoms with Crippen molar-refractivity contribution in [3.05, 3.63) is 35.5 Å². The molecular formula is C21H27N5O3. The molecule has 0 radical (unpaired) electrons. The largest absolute Gasteiger partial charge is 0.493 e. The predicted molar refractivity (Wildman–Crippen MR) is 111 cm³/mol. The molecule has 0 unspecified atom stereocenters. The fourth-order valence-electron chi connectivity index (χ4n) is 3.97. The van der Waals surface area contributed by atoms with Gasteiger partial charge in [-0.1, -0.05) is 0 Å². The lowest BCUT2D eigenvalue weighted by molar-refractivity contribution is -0.129. The quantitative estimate of drug-likeness (QED) is 0.778. The van der Waals surface area contributed by atoms with Crippen LogP contribution in [0.15, 0.2) is 24.4 Å². The molecule has 1 saturated heterocycles. The van der Waals surface area contributed by atoms with Gasteiger partial charge in [0.25, 0.3) is 0 Å². The smallest absolute Gasteiger partial charge is 0.227 e. The minimum atomic E-state index is 0.123. The molecular weight excluding hydrogens is 370 g/mol. The van der Waals surface area contributed by atoms with Crippen molar-refractivity contribution < 1.29 is 14.3 Å². The second-order valence-corrected chi connectivity index (χ2v) is 7.36. The van der Waals surface area contributed by atoms with E-state index in [1.165, 1.54) is 11.1 Å². The fourth-order valence-corrected chi connectivity index (χ4v) is 3.97. The highest BCUT2D eigenvalue weighted by Crippen LogP contribution is 2.34. The Morgan fingerprint density at radius 1 is 0.966 bits per heavy atom. The zero-order valence-corrected chi connectivity index (χ0v) is 17.2. The number of piperazine rings is 1. The van der Waals surface area contributed by atoms with Crippen molar-refractivity contribution in [1.29, 1.82) is 0 Å². The van der Waals surface area contributed by atoms with Gasteiger partial charge in [0.05, 0.1) is 14.2 Å². The number of ether oxygens (including phenoxy) is 2. The maximum Gasteiger partial charge on any atom is 0.227 e. The highest BCUT2D eigenvalue weighted by Gasteiger charge is 2.23. The van der Waals surface area contributed by atoms with Crippen LogP contribution >= 0.6 is 0 Å². The molecule has 3 heterocycles. The number of fused-ring (bicyclic) bond motifs is 1. The van der Waals surface area contributed by atoms with E-state index in [1.54, 1.807) is 21.1 Å². The standard InChI is InChI=1S/C21H27N5O3/c1-15(27)24-8-10-25(11-9-24)21-22-6-4-20(23-21)26-7-5-16-12-18(28-2)19(29-3)13-17(16)14-26/h4,6,12-13H,5,7-11,14H2,1-3H3. The minimum absolute atomic E-state index is 0.123. The number of hydrogen-bond acceptors (Lipinski definition) is 7. The van der Waals surface area contributed by atoms with Crippen LogP contribution in [0.1, 0.15) is 18.1 Å². The Hall–Kier alpha value is -3.03. The van der Waals surface area contributed by atoms with E-state index in [0.29, 0.717) is 13.1 Å². The SMILES string of the molecule is COc1cc2c(cc1OC)CN(c1ccnc(N3CCN(C(C)=O)CC3)n1)CC2. The number of aromatic nitrogens is 2. The van der Waals surface area contributed by atoms with Crippen LogP contribution in [0.4, 0.5) is 11.8 Å². The fraction of sp³-hybridized carbons (Fsp3) is 0.476. The van der Waals surface area contributed by atoms with Gasteiger partial charge in [0.1, 0.15) is 5.82 Å². The molecule has 1 fully saturated rings. The maximum atomic E-state index is 11.5. The summed E-state index contributed by atoms with van der Waals surface area (Å²) in [5.74, 6) is 3.29. The number of rotatable bonds is 4. The summed E-state index contributed by atoms with van der Waals surface area (Å²) in [6.07, 6.45) is 2.74. The van der Waals surface area contributed by atoms with E-state index in [9.17, 15) is 4.79 Å². The van der Waals surface area contributed by atoms with Crippen LogP contribution in [0.5, 0.6) is 11.5 Å². The summed E-state index contributed by atoms with van der Waals surface area (Å²) in [7, 11) is 3.32. The molecule has 0 atom stereocenters. The average molecular weight is 397 g/mol. The molecule has 29 heavy (non-hydrogen) atoms. The van der Waals surface area contributed by atoms with Gasteiger partial charge in [-0.15, -0.1) is 0 Å². The van der Waals surface area contributed by atoms with Crippen molar-refractivity contribution >= 4 is 17.7 Å². The van der Waals surface area contributed by atoms with Crippen LogP contribution in [-0.4, -0.2) is 67.7 Å². The van der Waals surface area contributed by atoms with Gasteiger partial charge in [0, 0.05) is 52.4 Å². The average Bonchev–Trinajstić information content (AvgIpc) is 2.77. The van der Waals surface area contributed by atoms with Crippen LogP contribution in [0.2, 0.25) is 0 Å². The number of methoxy groups -OCH3 is 2. The number of amides is 1. The van der Waals surface area contributed by atoms with Gasteiger partial charge in [-0.3, -0.25) is 4.79 Å². The molecule has 2 aliphatic rings. The normalized spacial score (nSPS) is 16.4. The summed E-state index contributed by atoms with van der Waals surface area (Å²) < 4.78 is 10.9. The van der Waals surface area contributed by atoms with E-state index in [-0.39, 0.29) is 5.91 Å². The van der Waals surface area contributed by atoms with Gasteiger partial charge >= 0.3 is 0 Å². The number of benzene rings is 1. The van der Waals surface area contributed by atoms with Gasteiger partial charge in [0.15, 0.2) is 11.5 Å². The summed E-state index contributed by atoms with van der Waals surface area (Å²) in [5, 5.41) is 0. The lowest BCUT2D eigenvalue weighted by Gasteiger charge is -2.35. The lowest BCUT2D eigenvalue weighted by atomic mass is 9.99. The van der Waals surface area contributed by atoms with Gasteiger partial charge < -0.3 is 24.2 Å². The van der Waals surface area contributed by atoms with Crippen molar-refractivity contribution in [3.63, 3.8) is 0 Å².